The largest absolute Gasteiger partial charge is 0.433 e. The summed E-state index contributed by atoms with van der Waals surface area (Å²) in [4.78, 5) is 21.8. The molecule has 9 heteroatoms. The smallest absolute Gasteiger partial charge is 0.395 e. The highest BCUT2D eigenvalue weighted by molar-refractivity contribution is 6.02. The van der Waals surface area contributed by atoms with Crippen molar-refractivity contribution in [2.75, 3.05) is 18.5 Å². The van der Waals surface area contributed by atoms with Gasteiger partial charge in [0.25, 0.3) is 5.91 Å². The Bertz CT molecular complexity index is 686. The van der Waals surface area contributed by atoms with Gasteiger partial charge in [-0.3, -0.25) is 19.6 Å². The number of furan rings is 1. The molecule has 1 amide bonds. The summed E-state index contributed by atoms with van der Waals surface area (Å²) in [6, 6.07) is 2.65. The average Bonchev–Trinajstić information content (AvgIpc) is 3.17. The summed E-state index contributed by atoms with van der Waals surface area (Å²) >= 11 is 0. The van der Waals surface area contributed by atoms with Crippen molar-refractivity contribution in [3.05, 3.63) is 40.4 Å². The minimum absolute atomic E-state index is 0.120. The van der Waals surface area contributed by atoms with E-state index in [9.17, 15) is 14.9 Å². The zero-order valence-electron chi connectivity index (χ0n) is 11.6. The van der Waals surface area contributed by atoms with Gasteiger partial charge in [-0.1, -0.05) is 0 Å². The van der Waals surface area contributed by atoms with Crippen molar-refractivity contribution in [3.8, 4) is 0 Å². The van der Waals surface area contributed by atoms with E-state index in [2.05, 4.69) is 10.4 Å². The van der Waals surface area contributed by atoms with Gasteiger partial charge in [-0.15, -0.1) is 0 Å². The molecular weight excluding hydrogens is 292 g/mol. The molecule has 22 heavy (non-hydrogen) atoms. The number of aromatic nitrogens is 2. The first-order chi connectivity index (χ1) is 10.6. The van der Waals surface area contributed by atoms with Gasteiger partial charge in [-0.2, -0.15) is 5.10 Å². The maximum atomic E-state index is 12.0. The summed E-state index contributed by atoms with van der Waals surface area (Å²) in [5, 5.41) is 17.4. The molecule has 3 heterocycles. The second kappa shape index (κ2) is 5.98. The maximum Gasteiger partial charge on any atom is 0.433 e. The Kier molecular flexibility index (Phi) is 3.88. The third-order valence-electron chi connectivity index (χ3n) is 3.42. The monoisotopic (exact) mass is 306 g/mol. The van der Waals surface area contributed by atoms with E-state index in [0.717, 1.165) is 18.9 Å². The number of anilines is 1. The lowest BCUT2D eigenvalue weighted by Gasteiger charge is -2.22. The zero-order valence-corrected chi connectivity index (χ0v) is 11.6. The molecule has 1 aliphatic heterocycles. The van der Waals surface area contributed by atoms with Crippen LogP contribution in [0.4, 0.5) is 11.6 Å². The molecule has 0 bridgehead atoms. The van der Waals surface area contributed by atoms with Crippen LogP contribution in [0.5, 0.6) is 0 Å². The molecule has 1 aliphatic rings. The van der Waals surface area contributed by atoms with Crippen molar-refractivity contribution in [3.63, 3.8) is 0 Å². The van der Waals surface area contributed by atoms with Crippen LogP contribution in [0.2, 0.25) is 0 Å². The third kappa shape index (κ3) is 2.98. The van der Waals surface area contributed by atoms with E-state index in [1.165, 1.54) is 12.3 Å². The van der Waals surface area contributed by atoms with Gasteiger partial charge < -0.3 is 14.5 Å². The van der Waals surface area contributed by atoms with Gasteiger partial charge in [0.15, 0.2) is 5.76 Å². The number of ether oxygens (including phenoxy) is 1. The topological polar surface area (TPSA) is 112 Å². The minimum atomic E-state index is -0.694. The Morgan fingerprint density at radius 3 is 2.86 bits per heavy atom. The Labute approximate surface area is 125 Å². The Hall–Kier alpha value is -2.68. The second-order valence-corrected chi connectivity index (χ2v) is 4.90. The van der Waals surface area contributed by atoms with Gasteiger partial charge in [-0.05, 0) is 18.9 Å². The predicted octanol–water partition coefficient (Wildman–Crippen LogP) is 1.99. The van der Waals surface area contributed by atoms with E-state index in [0.29, 0.717) is 18.9 Å². The van der Waals surface area contributed by atoms with Crippen LogP contribution >= 0.6 is 0 Å². The standard InChI is InChI=1S/C13H14N4O5/c18-13(11-1-2-12(22-11)17(19)20)15-9-7-14-16(8-9)10-3-5-21-6-4-10/h1-2,7-8,10H,3-6H2,(H,15,18). The first-order valence-electron chi connectivity index (χ1n) is 6.81. The van der Waals surface area contributed by atoms with Crippen LogP contribution in [0.15, 0.2) is 28.9 Å². The zero-order chi connectivity index (χ0) is 15.5. The minimum Gasteiger partial charge on any atom is -0.395 e. The van der Waals surface area contributed by atoms with Gasteiger partial charge >= 0.3 is 5.88 Å². The number of hydrogen-bond donors (Lipinski definition) is 1. The number of nitrogens with one attached hydrogen (secondary N) is 1. The molecule has 1 saturated heterocycles. The SMILES string of the molecule is O=C(Nc1cnn(C2CCOCC2)c1)c1ccc([N+](=O)[O-])o1. The van der Waals surface area contributed by atoms with Crippen molar-refractivity contribution in [2.45, 2.75) is 18.9 Å². The van der Waals surface area contributed by atoms with Crippen molar-refractivity contribution in [2.24, 2.45) is 0 Å². The quantitative estimate of drug-likeness (QED) is 0.682. The molecule has 2 aromatic rings. The highest BCUT2D eigenvalue weighted by Gasteiger charge is 2.19. The highest BCUT2D eigenvalue weighted by atomic mass is 16.6. The summed E-state index contributed by atoms with van der Waals surface area (Å²) < 4.78 is 11.9. The van der Waals surface area contributed by atoms with Gasteiger partial charge in [0, 0.05) is 19.4 Å². The molecule has 116 valence electrons. The van der Waals surface area contributed by atoms with Gasteiger partial charge in [0.1, 0.15) is 4.92 Å². The second-order valence-electron chi connectivity index (χ2n) is 4.90. The van der Waals surface area contributed by atoms with E-state index in [1.807, 2.05) is 0 Å². The Morgan fingerprint density at radius 2 is 2.18 bits per heavy atom. The summed E-state index contributed by atoms with van der Waals surface area (Å²) in [5.41, 5.74) is 0.510. The molecule has 0 aromatic carbocycles. The average molecular weight is 306 g/mol. The molecule has 2 aromatic heterocycles. The molecule has 0 spiro atoms. The Morgan fingerprint density at radius 1 is 1.41 bits per heavy atom. The maximum absolute atomic E-state index is 12.0. The summed E-state index contributed by atoms with van der Waals surface area (Å²) in [6.45, 7) is 1.39. The summed E-state index contributed by atoms with van der Waals surface area (Å²) in [6.07, 6.45) is 5.01. The van der Waals surface area contributed by atoms with Crippen LogP contribution < -0.4 is 5.32 Å². The fourth-order valence-corrected chi connectivity index (χ4v) is 2.29. The number of hydrogen-bond acceptors (Lipinski definition) is 6. The van der Waals surface area contributed by atoms with Crippen molar-refractivity contribution >= 4 is 17.5 Å². The first-order valence-corrected chi connectivity index (χ1v) is 6.81. The van der Waals surface area contributed by atoms with Crippen LogP contribution in [0, 0.1) is 10.1 Å². The Balaban J connectivity index is 1.66. The lowest BCUT2D eigenvalue weighted by molar-refractivity contribution is -0.402. The summed E-state index contributed by atoms with van der Waals surface area (Å²) in [5.74, 6) is -1.15. The molecule has 0 saturated carbocycles. The third-order valence-corrected chi connectivity index (χ3v) is 3.42. The lowest BCUT2D eigenvalue weighted by atomic mass is 10.1. The van der Waals surface area contributed by atoms with Crippen molar-refractivity contribution < 1.29 is 18.9 Å². The summed E-state index contributed by atoms with van der Waals surface area (Å²) in [7, 11) is 0. The molecule has 0 atom stereocenters. The van der Waals surface area contributed by atoms with Crippen LogP contribution in [0.1, 0.15) is 29.4 Å². The lowest BCUT2D eigenvalue weighted by Crippen LogP contribution is -2.19. The fraction of sp³-hybridized carbons (Fsp3) is 0.385. The molecule has 9 nitrogen and oxygen atoms in total. The first kappa shape index (κ1) is 14.3. The van der Waals surface area contributed by atoms with Crippen molar-refractivity contribution in [1.29, 1.82) is 0 Å². The number of carbonyl (C=O) groups excluding carboxylic acids is 1. The molecular formula is C13H14N4O5. The van der Waals surface area contributed by atoms with E-state index < -0.39 is 16.7 Å². The van der Waals surface area contributed by atoms with Crippen molar-refractivity contribution in [1.82, 2.24) is 9.78 Å². The highest BCUT2D eigenvalue weighted by Crippen LogP contribution is 2.22. The fourth-order valence-electron chi connectivity index (χ4n) is 2.29. The van der Waals surface area contributed by atoms with Crippen LogP contribution in [0.25, 0.3) is 0 Å². The number of amides is 1. The van der Waals surface area contributed by atoms with Gasteiger partial charge in [0.2, 0.25) is 0 Å². The van der Waals surface area contributed by atoms with Gasteiger partial charge in [-0.25, -0.2) is 0 Å². The molecule has 0 aliphatic carbocycles. The number of nitro groups is 1. The number of nitrogens with zero attached hydrogens (tertiary/aromatic N) is 3. The molecule has 3 rings (SSSR count). The number of carbonyl (C=O) groups is 1. The molecule has 0 unspecified atom stereocenters. The van der Waals surface area contributed by atoms with Gasteiger partial charge in [0.05, 0.1) is 24.0 Å². The predicted molar refractivity (Wildman–Crippen MR) is 74.6 cm³/mol. The van der Waals surface area contributed by atoms with E-state index in [4.69, 9.17) is 9.15 Å². The molecule has 1 N–H and O–H groups in total. The number of rotatable bonds is 4. The van der Waals surface area contributed by atoms with Crippen LogP contribution in [-0.2, 0) is 4.74 Å². The molecule has 1 fully saturated rings. The van der Waals surface area contributed by atoms with Crippen LogP contribution in [0.3, 0.4) is 0 Å². The van der Waals surface area contributed by atoms with Crippen LogP contribution in [-0.4, -0.2) is 33.8 Å². The van der Waals surface area contributed by atoms with E-state index >= 15 is 0 Å². The molecule has 0 radical (unpaired) electrons. The van der Waals surface area contributed by atoms with E-state index in [1.54, 1.807) is 10.9 Å². The normalized spacial score (nSPS) is 15.6. The van der Waals surface area contributed by atoms with E-state index in [-0.39, 0.29) is 11.8 Å².